The third-order valence-electron chi connectivity index (χ3n) is 2.65. The van der Waals surface area contributed by atoms with E-state index in [1.54, 1.807) is 11.8 Å². The van der Waals surface area contributed by atoms with Gasteiger partial charge in [0, 0.05) is 11.5 Å². The van der Waals surface area contributed by atoms with Crippen LogP contribution in [0.1, 0.15) is 37.3 Å². The van der Waals surface area contributed by atoms with Gasteiger partial charge in [-0.3, -0.25) is 4.79 Å². The van der Waals surface area contributed by atoms with E-state index in [0.29, 0.717) is 18.0 Å². The Bertz CT molecular complexity index is 453. The number of rotatable bonds is 2. The van der Waals surface area contributed by atoms with Crippen LogP contribution in [0, 0.1) is 0 Å². The Morgan fingerprint density at radius 1 is 1.59 bits per heavy atom. The molecule has 17 heavy (non-hydrogen) atoms. The summed E-state index contributed by atoms with van der Waals surface area (Å²) in [4.78, 5) is 18.6. The topological polar surface area (TPSA) is 75.2 Å². The number of hydrogen-bond donors (Lipinski definition) is 2. The van der Waals surface area contributed by atoms with Crippen molar-refractivity contribution in [2.24, 2.45) is 0 Å². The summed E-state index contributed by atoms with van der Waals surface area (Å²) >= 11 is 1.75. The van der Waals surface area contributed by atoms with Gasteiger partial charge >= 0.3 is 0 Å². The van der Waals surface area contributed by atoms with Crippen molar-refractivity contribution in [1.82, 2.24) is 9.97 Å². The number of thioether (sulfide) groups is 1. The van der Waals surface area contributed by atoms with Crippen molar-refractivity contribution in [3.05, 3.63) is 21.7 Å². The van der Waals surface area contributed by atoms with Crippen molar-refractivity contribution in [1.29, 1.82) is 0 Å². The molecule has 1 aliphatic rings. The molecule has 1 saturated heterocycles. The fraction of sp³-hybridized carbons (Fsp3) is 0.636. The molecule has 0 radical (unpaired) electrons. The SMILES string of the molecule is CC(C)c1c(O)nc(C2CSCCO2)[nH]c1=O. The molecule has 0 saturated carbocycles. The predicted octanol–water partition coefficient (Wildman–Crippen LogP) is 1.40. The third-order valence-corrected chi connectivity index (χ3v) is 3.65. The number of aromatic hydroxyl groups is 1. The van der Waals surface area contributed by atoms with Gasteiger partial charge in [-0.1, -0.05) is 13.8 Å². The predicted molar refractivity (Wildman–Crippen MR) is 66.6 cm³/mol. The second kappa shape index (κ2) is 5.10. The van der Waals surface area contributed by atoms with E-state index in [2.05, 4.69) is 9.97 Å². The van der Waals surface area contributed by atoms with Crippen molar-refractivity contribution in [2.75, 3.05) is 18.1 Å². The monoisotopic (exact) mass is 256 g/mol. The second-order valence-corrected chi connectivity index (χ2v) is 5.43. The van der Waals surface area contributed by atoms with Crippen LogP contribution in [-0.4, -0.2) is 33.2 Å². The van der Waals surface area contributed by atoms with Gasteiger partial charge in [-0.25, -0.2) is 0 Å². The Morgan fingerprint density at radius 3 is 2.88 bits per heavy atom. The van der Waals surface area contributed by atoms with E-state index in [1.807, 2.05) is 13.8 Å². The molecule has 1 aromatic rings. The number of hydrogen-bond acceptors (Lipinski definition) is 5. The van der Waals surface area contributed by atoms with Crippen molar-refractivity contribution in [2.45, 2.75) is 25.9 Å². The maximum Gasteiger partial charge on any atom is 0.258 e. The van der Waals surface area contributed by atoms with Crippen molar-refractivity contribution >= 4 is 11.8 Å². The van der Waals surface area contributed by atoms with E-state index < -0.39 is 0 Å². The molecule has 5 nitrogen and oxygen atoms in total. The first-order chi connectivity index (χ1) is 8.09. The molecule has 0 spiro atoms. The molecular formula is C11H16N2O3S. The molecule has 2 N–H and O–H groups in total. The van der Waals surface area contributed by atoms with Crippen LogP contribution in [0.25, 0.3) is 0 Å². The van der Waals surface area contributed by atoms with Crippen LogP contribution in [0.2, 0.25) is 0 Å². The number of nitrogens with zero attached hydrogens (tertiary/aromatic N) is 1. The molecule has 0 aliphatic carbocycles. The van der Waals surface area contributed by atoms with Gasteiger partial charge in [0.15, 0.2) is 0 Å². The number of aromatic nitrogens is 2. The summed E-state index contributed by atoms with van der Waals surface area (Å²) in [6.45, 7) is 4.34. The molecule has 1 fully saturated rings. The first-order valence-electron chi connectivity index (χ1n) is 5.62. The van der Waals surface area contributed by atoms with E-state index in [1.165, 1.54) is 0 Å². The summed E-state index contributed by atoms with van der Waals surface area (Å²) in [6.07, 6.45) is -0.228. The van der Waals surface area contributed by atoms with Gasteiger partial charge in [0.05, 0.1) is 12.2 Å². The molecule has 1 atom stereocenters. The smallest absolute Gasteiger partial charge is 0.258 e. The highest BCUT2D eigenvalue weighted by atomic mass is 32.2. The zero-order valence-corrected chi connectivity index (χ0v) is 10.7. The van der Waals surface area contributed by atoms with Gasteiger partial charge in [-0.2, -0.15) is 16.7 Å². The van der Waals surface area contributed by atoms with Crippen LogP contribution in [0.4, 0.5) is 0 Å². The fourth-order valence-electron chi connectivity index (χ4n) is 1.81. The first-order valence-corrected chi connectivity index (χ1v) is 6.77. The summed E-state index contributed by atoms with van der Waals surface area (Å²) in [7, 11) is 0. The number of ether oxygens (including phenoxy) is 1. The van der Waals surface area contributed by atoms with Crippen LogP contribution >= 0.6 is 11.8 Å². The average molecular weight is 256 g/mol. The molecule has 1 aromatic heterocycles. The third kappa shape index (κ3) is 2.63. The number of H-pyrrole nitrogens is 1. The number of aromatic amines is 1. The van der Waals surface area contributed by atoms with Gasteiger partial charge in [-0.15, -0.1) is 0 Å². The Morgan fingerprint density at radius 2 is 2.35 bits per heavy atom. The van der Waals surface area contributed by atoms with Crippen LogP contribution in [0.3, 0.4) is 0 Å². The largest absolute Gasteiger partial charge is 0.493 e. The van der Waals surface area contributed by atoms with Gasteiger partial charge in [0.2, 0.25) is 5.88 Å². The average Bonchev–Trinajstić information content (AvgIpc) is 2.28. The lowest BCUT2D eigenvalue weighted by Crippen LogP contribution is -2.24. The molecule has 0 amide bonds. The van der Waals surface area contributed by atoms with E-state index >= 15 is 0 Å². The molecule has 2 heterocycles. The van der Waals surface area contributed by atoms with Crippen LogP contribution in [-0.2, 0) is 4.74 Å². The molecule has 94 valence electrons. The van der Waals surface area contributed by atoms with Crippen LogP contribution < -0.4 is 5.56 Å². The molecule has 0 aromatic carbocycles. The summed E-state index contributed by atoms with van der Waals surface area (Å²) in [5, 5.41) is 9.78. The van der Waals surface area contributed by atoms with E-state index in [9.17, 15) is 9.90 Å². The standard InChI is InChI=1S/C11H16N2O3S/c1-6(2)8-10(14)12-9(13-11(8)15)7-5-17-4-3-16-7/h6-7H,3-5H2,1-2H3,(H2,12,13,14,15). The molecular weight excluding hydrogens is 240 g/mol. The molecule has 0 bridgehead atoms. The Balaban J connectivity index is 2.34. The lowest BCUT2D eigenvalue weighted by Gasteiger charge is -2.21. The van der Waals surface area contributed by atoms with Crippen molar-refractivity contribution < 1.29 is 9.84 Å². The molecule has 6 heteroatoms. The highest BCUT2D eigenvalue weighted by Gasteiger charge is 2.22. The quantitative estimate of drug-likeness (QED) is 0.836. The zero-order chi connectivity index (χ0) is 12.4. The number of nitrogens with one attached hydrogen (secondary N) is 1. The van der Waals surface area contributed by atoms with Crippen LogP contribution in [0.15, 0.2) is 4.79 Å². The summed E-state index contributed by atoms with van der Waals surface area (Å²) in [6, 6.07) is 0. The first kappa shape index (κ1) is 12.4. The maximum absolute atomic E-state index is 11.8. The van der Waals surface area contributed by atoms with Gasteiger partial charge in [0.1, 0.15) is 11.9 Å². The minimum atomic E-state index is -0.276. The summed E-state index contributed by atoms with van der Waals surface area (Å²) < 4.78 is 5.51. The Kier molecular flexibility index (Phi) is 3.73. The van der Waals surface area contributed by atoms with E-state index in [4.69, 9.17) is 4.74 Å². The van der Waals surface area contributed by atoms with E-state index in [0.717, 1.165) is 11.5 Å². The van der Waals surface area contributed by atoms with Gasteiger partial charge < -0.3 is 14.8 Å². The van der Waals surface area contributed by atoms with E-state index in [-0.39, 0.29) is 23.5 Å². The lowest BCUT2D eigenvalue weighted by atomic mass is 10.1. The Hall–Kier alpha value is -1.01. The normalized spacial score (nSPS) is 20.8. The minimum Gasteiger partial charge on any atom is -0.493 e. The Labute approximate surface area is 104 Å². The molecule has 1 unspecified atom stereocenters. The maximum atomic E-state index is 11.8. The molecule has 2 rings (SSSR count). The highest BCUT2D eigenvalue weighted by Crippen LogP contribution is 2.26. The van der Waals surface area contributed by atoms with Gasteiger partial charge in [-0.05, 0) is 5.92 Å². The fourth-order valence-corrected chi connectivity index (χ4v) is 2.65. The summed E-state index contributed by atoms with van der Waals surface area (Å²) in [5.41, 5.74) is 0.0545. The second-order valence-electron chi connectivity index (χ2n) is 4.28. The van der Waals surface area contributed by atoms with Crippen molar-refractivity contribution in [3.63, 3.8) is 0 Å². The van der Waals surface area contributed by atoms with Crippen molar-refractivity contribution in [3.8, 4) is 5.88 Å². The highest BCUT2D eigenvalue weighted by molar-refractivity contribution is 7.99. The van der Waals surface area contributed by atoms with Gasteiger partial charge in [0.25, 0.3) is 5.56 Å². The van der Waals surface area contributed by atoms with Crippen LogP contribution in [0.5, 0.6) is 5.88 Å². The lowest BCUT2D eigenvalue weighted by molar-refractivity contribution is 0.0686. The molecule has 1 aliphatic heterocycles. The minimum absolute atomic E-state index is 0.0538. The summed E-state index contributed by atoms with van der Waals surface area (Å²) in [5.74, 6) is 1.89. The zero-order valence-electron chi connectivity index (χ0n) is 9.90.